The molecule has 2 aliphatic heterocycles. The van der Waals surface area contributed by atoms with Gasteiger partial charge in [-0.05, 0) is 18.6 Å². The number of carbonyl (C=O) groups excluding carboxylic acids is 1. The van der Waals surface area contributed by atoms with Gasteiger partial charge in [-0.25, -0.2) is 0 Å². The summed E-state index contributed by atoms with van der Waals surface area (Å²) >= 11 is 0. The number of amides is 1. The molecule has 0 radical (unpaired) electrons. The number of ether oxygens (including phenoxy) is 1. The van der Waals surface area contributed by atoms with Crippen LogP contribution in [-0.2, 0) is 11.2 Å². The number of aliphatic imine (C=N–C) groups is 1. The fourth-order valence-corrected chi connectivity index (χ4v) is 2.51. The van der Waals surface area contributed by atoms with Crippen LogP contribution in [0.15, 0.2) is 17.1 Å². The number of benzene rings is 1. The van der Waals surface area contributed by atoms with Gasteiger partial charge in [0.05, 0.1) is 17.9 Å². The molecule has 1 amide bonds. The topological polar surface area (TPSA) is 79.9 Å². The number of hydrogen-bond donors (Lipinski definition) is 2. The highest BCUT2D eigenvalue weighted by Gasteiger charge is 2.25. The van der Waals surface area contributed by atoms with Crippen molar-refractivity contribution in [2.75, 3.05) is 29.9 Å². The highest BCUT2D eigenvalue weighted by atomic mass is 16.5. The Bertz CT molecular complexity index is 568. The molecule has 0 aromatic heterocycles. The van der Waals surface area contributed by atoms with Gasteiger partial charge in [0.2, 0.25) is 0 Å². The van der Waals surface area contributed by atoms with E-state index in [4.69, 9.17) is 10.5 Å². The van der Waals surface area contributed by atoms with Crippen LogP contribution in [0.25, 0.3) is 0 Å². The van der Waals surface area contributed by atoms with Gasteiger partial charge in [-0.1, -0.05) is 6.92 Å². The van der Waals surface area contributed by atoms with E-state index in [1.807, 2.05) is 17.0 Å². The van der Waals surface area contributed by atoms with E-state index in [-0.39, 0.29) is 12.5 Å². The summed E-state index contributed by atoms with van der Waals surface area (Å²) in [7, 11) is 0. The van der Waals surface area contributed by atoms with Crippen LogP contribution in [-0.4, -0.2) is 31.6 Å². The molecule has 0 spiro atoms. The van der Waals surface area contributed by atoms with E-state index < -0.39 is 0 Å². The van der Waals surface area contributed by atoms with Gasteiger partial charge in [-0.15, -0.1) is 0 Å². The zero-order valence-corrected chi connectivity index (χ0v) is 10.8. The fourth-order valence-electron chi connectivity index (χ4n) is 2.51. The van der Waals surface area contributed by atoms with Crippen molar-refractivity contribution in [2.24, 2.45) is 10.7 Å². The molecular formula is C13H16N4O2. The van der Waals surface area contributed by atoms with Crippen LogP contribution in [0.4, 0.5) is 11.4 Å². The van der Waals surface area contributed by atoms with Crippen molar-refractivity contribution < 1.29 is 9.53 Å². The maximum atomic E-state index is 11.3. The van der Waals surface area contributed by atoms with E-state index in [1.165, 1.54) is 0 Å². The molecule has 1 aromatic rings. The van der Waals surface area contributed by atoms with Gasteiger partial charge >= 0.3 is 0 Å². The lowest BCUT2D eigenvalue weighted by Crippen LogP contribution is -2.35. The zero-order chi connectivity index (χ0) is 13.4. The molecule has 3 N–H and O–H groups in total. The Kier molecular flexibility index (Phi) is 2.77. The zero-order valence-electron chi connectivity index (χ0n) is 10.8. The summed E-state index contributed by atoms with van der Waals surface area (Å²) in [6.45, 7) is 3.61. The second-order valence-corrected chi connectivity index (χ2v) is 4.52. The number of fused-ring (bicyclic) bond motifs is 1. The molecule has 0 saturated carbocycles. The molecule has 2 heterocycles. The molecule has 0 atom stereocenters. The molecule has 0 bridgehead atoms. The lowest BCUT2D eigenvalue weighted by Gasteiger charge is -2.26. The molecule has 100 valence electrons. The first kappa shape index (κ1) is 11.8. The number of carbonyl (C=O) groups is 1. The third-order valence-electron chi connectivity index (χ3n) is 3.38. The minimum absolute atomic E-state index is 0.0625. The maximum absolute atomic E-state index is 11.3. The van der Waals surface area contributed by atoms with Gasteiger partial charge in [-0.3, -0.25) is 9.79 Å². The van der Waals surface area contributed by atoms with Crippen LogP contribution < -0.4 is 20.7 Å². The molecule has 2 aliphatic rings. The summed E-state index contributed by atoms with van der Waals surface area (Å²) in [6.07, 6.45) is 0.804. The van der Waals surface area contributed by atoms with Crippen molar-refractivity contribution in [2.45, 2.75) is 13.3 Å². The van der Waals surface area contributed by atoms with Gasteiger partial charge in [0.25, 0.3) is 5.91 Å². The van der Waals surface area contributed by atoms with Crippen LogP contribution in [0.2, 0.25) is 0 Å². The summed E-state index contributed by atoms with van der Waals surface area (Å²) in [5, 5.41) is 2.82. The van der Waals surface area contributed by atoms with E-state index in [0.717, 1.165) is 35.7 Å². The van der Waals surface area contributed by atoms with E-state index in [1.54, 1.807) is 0 Å². The first-order chi connectivity index (χ1) is 9.20. The number of nitrogens with zero attached hydrogens (tertiary/aromatic N) is 2. The van der Waals surface area contributed by atoms with Gasteiger partial charge in [0.1, 0.15) is 5.75 Å². The number of rotatable bonds is 2. The number of anilines is 2. The third-order valence-corrected chi connectivity index (χ3v) is 3.38. The summed E-state index contributed by atoms with van der Waals surface area (Å²) in [5.74, 6) is 1.17. The van der Waals surface area contributed by atoms with E-state index >= 15 is 0 Å². The van der Waals surface area contributed by atoms with Crippen molar-refractivity contribution >= 4 is 23.2 Å². The normalized spacial score (nSPS) is 17.6. The Labute approximate surface area is 111 Å². The van der Waals surface area contributed by atoms with Crippen LogP contribution in [0, 0.1) is 0 Å². The standard InChI is InChI=1S/C13H16N4O2/c1-2-8-10(17-6-5-15-13(17)14)4-3-9-12(8)19-7-11(18)16-9/h3-4H,2,5-7H2,1H3,(H2,14,15)(H,16,18). The highest BCUT2D eigenvalue weighted by Crippen LogP contribution is 2.38. The quantitative estimate of drug-likeness (QED) is 0.821. The van der Waals surface area contributed by atoms with Crippen LogP contribution in [0.3, 0.4) is 0 Å². The van der Waals surface area contributed by atoms with E-state index in [0.29, 0.717) is 12.5 Å². The van der Waals surface area contributed by atoms with Gasteiger partial charge in [0.15, 0.2) is 12.6 Å². The monoisotopic (exact) mass is 260 g/mol. The molecule has 0 aliphatic carbocycles. The SMILES string of the molecule is CCc1c(N2CCN=C2N)ccc2c1OCC(=O)N2. The molecule has 0 fully saturated rings. The predicted octanol–water partition coefficient (Wildman–Crippen LogP) is 0.715. The Hall–Kier alpha value is -2.24. The fraction of sp³-hybridized carbons (Fsp3) is 0.385. The Morgan fingerprint density at radius 2 is 2.37 bits per heavy atom. The molecule has 19 heavy (non-hydrogen) atoms. The average Bonchev–Trinajstić information content (AvgIpc) is 2.83. The minimum Gasteiger partial charge on any atom is -0.481 e. The Balaban J connectivity index is 2.07. The van der Waals surface area contributed by atoms with Crippen molar-refractivity contribution in [1.82, 2.24) is 0 Å². The molecule has 3 rings (SSSR count). The lowest BCUT2D eigenvalue weighted by molar-refractivity contribution is -0.118. The van der Waals surface area contributed by atoms with Crippen molar-refractivity contribution in [3.63, 3.8) is 0 Å². The predicted molar refractivity (Wildman–Crippen MR) is 73.8 cm³/mol. The second kappa shape index (κ2) is 4.46. The molecule has 6 heteroatoms. The van der Waals surface area contributed by atoms with Crippen LogP contribution in [0.5, 0.6) is 5.75 Å². The molecule has 0 unspecified atom stereocenters. The smallest absolute Gasteiger partial charge is 0.262 e. The molecule has 1 aromatic carbocycles. The van der Waals surface area contributed by atoms with Crippen LogP contribution in [0.1, 0.15) is 12.5 Å². The Morgan fingerprint density at radius 1 is 1.53 bits per heavy atom. The summed E-state index contributed by atoms with van der Waals surface area (Å²) < 4.78 is 5.57. The van der Waals surface area contributed by atoms with E-state index in [9.17, 15) is 4.79 Å². The number of hydrogen-bond acceptors (Lipinski definition) is 5. The minimum atomic E-state index is -0.121. The first-order valence-corrected chi connectivity index (χ1v) is 6.36. The summed E-state index contributed by atoms with van der Waals surface area (Å²) in [5.41, 5.74) is 8.69. The second-order valence-electron chi connectivity index (χ2n) is 4.52. The van der Waals surface area contributed by atoms with Crippen LogP contribution >= 0.6 is 0 Å². The lowest BCUT2D eigenvalue weighted by atomic mass is 10.1. The van der Waals surface area contributed by atoms with Gasteiger partial charge < -0.3 is 20.7 Å². The van der Waals surface area contributed by atoms with Gasteiger partial charge in [0, 0.05) is 12.1 Å². The molecule has 6 nitrogen and oxygen atoms in total. The number of nitrogens with one attached hydrogen (secondary N) is 1. The van der Waals surface area contributed by atoms with Gasteiger partial charge in [-0.2, -0.15) is 0 Å². The molecular weight excluding hydrogens is 244 g/mol. The first-order valence-electron chi connectivity index (χ1n) is 6.36. The Morgan fingerprint density at radius 3 is 3.05 bits per heavy atom. The number of nitrogens with two attached hydrogens (primary N) is 1. The third kappa shape index (κ3) is 1.89. The largest absolute Gasteiger partial charge is 0.481 e. The van der Waals surface area contributed by atoms with E-state index in [2.05, 4.69) is 17.2 Å². The average molecular weight is 260 g/mol. The van der Waals surface area contributed by atoms with Crippen molar-refractivity contribution in [3.05, 3.63) is 17.7 Å². The van der Waals surface area contributed by atoms with Crippen molar-refractivity contribution in [1.29, 1.82) is 0 Å². The summed E-state index contributed by atoms with van der Waals surface area (Å²) in [6, 6.07) is 3.81. The summed E-state index contributed by atoms with van der Waals surface area (Å²) in [4.78, 5) is 17.5. The number of guanidine groups is 1. The maximum Gasteiger partial charge on any atom is 0.262 e. The highest BCUT2D eigenvalue weighted by molar-refractivity contribution is 6.00. The molecule has 0 saturated heterocycles. The van der Waals surface area contributed by atoms with Crippen molar-refractivity contribution in [3.8, 4) is 5.75 Å².